The first-order valence-electron chi connectivity index (χ1n) is 6.32. The third-order valence-corrected chi connectivity index (χ3v) is 3.72. The van der Waals surface area contributed by atoms with Crippen molar-refractivity contribution in [2.45, 2.75) is 13.3 Å². The predicted octanol–water partition coefficient (Wildman–Crippen LogP) is 2.33. The first kappa shape index (κ1) is 13.4. The fourth-order valence-electron chi connectivity index (χ4n) is 2.51. The number of carbonyl (C=O) groups excluding carboxylic acids is 1. The van der Waals surface area contributed by atoms with Crippen LogP contribution in [-0.2, 0) is 0 Å². The van der Waals surface area contributed by atoms with Crippen LogP contribution in [0.4, 0.5) is 0 Å². The maximum absolute atomic E-state index is 12.4. The minimum atomic E-state index is 0.128. The molecule has 1 aliphatic rings. The summed E-state index contributed by atoms with van der Waals surface area (Å²) in [4.78, 5) is 14.3. The maximum Gasteiger partial charge on any atom is 0.254 e. The highest BCUT2D eigenvalue weighted by molar-refractivity contribution is 6.30. The van der Waals surface area contributed by atoms with Gasteiger partial charge in [-0.2, -0.15) is 0 Å². The standard InChI is InChI=1S/C14H19ClN2O/c1-10-7-12(15)3-4-13(10)14(18)17-6-5-11(9-17)8-16-2/h3-4,7,11,16H,5-6,8-9H2,1-2H3. The number of nitrogens with zero attached hydrogens (tertiary/aromatic N) is 1. The van der Waals surface area contributed by atoms with Gasteiger partial charge in [-0.15, -0.1) is 0 Å². The molecule has 1 heterocycles. The second-order valence-electron chi connectivity index (χ2n) is 4.92. The molecule has 0 aromatic heterocycles. The highest BCUT2D eigenvalue weighted by Crippen LogP contribution is 2.21. The number of aryl methyl sites for hydroxylation is 1. The lowest BCUT2D eigenvalue weighted by molar-refractivity contribution is 0.0786. The predicted molar refractivity (Wildman–Crippen MR) is 74.1 cm³/mol. The van der Waals surface area contributed by atoms with Crippen LogP contribution in [0.15, 0.2) is 18.2 Å². The number of hydrogen-bond acceptors (Lipinski definition) is 2. The molecular weight excluding hydrogens is 248 g/mol. The maximum atomic E-state index is 12.4. The molecule has 2 rings (SSSR count). The summed E-state index contributed by atoms with van der Waals surface area (Å²) < 4.78 is 0. The molecule has 1 atom stereocenters. The molecule has 1 saturated heterocycles. The topological polar surface area (TPSA) is 32.3 Å². The van der Waals surface area contributed by atoms with Gasteiger partial charge in [-0.1, -0.05) is 11.6 Å². The molecule has 3 nitrogen and oxygen atoms in total. The van der Waals surface area contributed by atoms with Crippen molar-refractivity contribution in [3.63, 3.8) is 0 Å². The quantitative estimate of drug-likeness (QED) is 0.911. The number of halogens is 1. The van der Waals surface area contributed by atoms with E-state index in [9.17, 15) is 4.79 Å². The Morgan fingerprint density at radius 2 is 2.33 bits per heavy atom. The number of carbonyl (C=O) groups is 1. The van der Waals surface area contributed by atoms with E-state index in [0.717, 1.165) is 37.2 Å². The molecule has 1 aliphatic heterocycles. The Hall–Kier alpha value is -1.06. The van der Waals surface area contributed by atoms with Gasteiger partial charge in [0.1, 0.15) is 0 Å². The van der Waals surface area contributed by atoms with Gasteiger partial charge in [-0.25, -0.2) is 0 Å². The fraction of sp³-hybridized carbons (Fsp3) is 0.500. The average molecular weight is 267 g/mol. The Morgan fingerprint density at radius 1 is 1.56 bits per heavy atom. The molecule has 4 heteroatoms. The third kappa shape index (κ3) is 2.85. The Bertz CT molecular complexity index is 447. The van der Waals surface area contributed by atoms with E-state index in [1.807, 2.05) is 31.0 Å². The SMILES string of the molecule is CNCC1CCN(C(=O)c2ccc(Cl)cc2C)C1. The van der Waals surface area contributed by atoms with Crippen molar-refractivity contribution in [3.05, 3.63) is 34.3 Å². The molecule has 0 radical (unpaired) electrons. The first-order valence-corrected chi connectivity index (χ1v) is 6.69. The second kappa shape index (κ2) is 5.72. The van der Waals surface area contributed by atoms with Crippen LogP contribution in [0.25, 0.3) is 0 Å². The average Bonchev–Trinajstić information content (AvgIpc) is 2.77. The van der Waals surface area contributed by atoms with E-state index in [4.69, 9.17) is 11.6 Å². The molecule has 1 fully saturated rings. The molecule has 98 valence electrons. The molecule has 0 spiro atoms. The van der Waals surface area contributed by atoms with Crippen molar-refractivity contribution in [2.75, 3.05) is 26.7 Å². The zero-order valence-corrected chi connectivity index (χ0v) is 11.6. The fourth-order valence-corrected chi connectivity index (χ4v) is 2.74. The van der Waals surface area contributed by atoms with Gasteiger partial charge in [0.05, 0.1) is 0 Å². The minimum Gasteiger partial charge on any atom is -0.338 e. The van der Waals surface area contributed by atoms with Crippen LogP contribution >= 0.6 is 11.6 Å². The van der Waals surface area contributed by atoms with Crippen LogP contribution in [0, 0.1) is 12.8 Å². The van der Waals surface area contributed by atoms with E-state index in [1.165, 1.54) is 0 Å². The zero-order chi connectivity index (χ0) is 13.1. The van der Waals surface area contributed by atoms with Crippen LogP contribution in [0.3, 0.4) is 0 Å². The van der Waals surface area contributed by atoms with Gasteiger partial charge in [-0.3, -0.25) is 4.79 Å². The molecule has 0 bridgehead atoms. The number of hydrogen-bond donors (Lipinski definition) is 1. The largest absolute Gasteiger partial charge is 0.338 e. The van der Waals surface area contributed by atoms with Gasteiger partial charge in [0.25, 0.3) is 5.91 Å². The smallest absolute Gasteiger partial charge is 0.254 e. The van der Waals surface area contributed by atoms with E-state index in [0.29, 0.717) is 10.9 Å². The van der Waals surface area contributed by atoms with Crippen LogP contribution < -0.4 is 5.32 Å². The molecule has 1 unspecified atom stereocenters. The van der Waals surface area contributed by atoms with Gasteiger partial charge in [0.15, 0.2) is 0 Å². The monoisotopic (exact) mass is 266 g/mol. The van der Waals surface area contributed by atoms with Gasteiger partial charge >= 0.3 is 0 Å². The Balaban J connectivity index is 2.08. The number of amides is 1. The van der Waals surface area contributed by atoms with Crippen LogP contribution in [0.5, 0.6) is 0 Å². The normalized spacial score (nSPS) is 19.3. The minimum absolute atomic E-state index is 0.128. The summed E-state index contributed by atoms with van der Waals surface area (Å²) in [7, 11) is 1.95. The van der Waals surface area contributed by atoms with Crippen molar-refractivity contribution in [3.8, 4) is 0 Å². The van der Waals surface area contributed by atoms with Gasteiger partial charge in [0.2, 0.25) is 0 Å². The van der Waals surface area contributed by atoms with Crippen molar-refractivity contribution in [1.29, 1.82) is 0 Å². The second-order valence-corrected chi connectivity index (χ2v) is 5.36. The third-order valence-electron chi connectivity index (χ3n) is 3.48. The van der Waals surface area contributed by atoms with Gasteiger partial charge in [-0.05, 0) is 56.6 Å². The summed E-state index contributed by atoms with van der Waals surface area (Å²) in [5.41, 5.74) is 1.72. The molecule has 0 aliphatic carbocycles. The number of benzene rings is 1. The molecule has 1 amide bonds. The van der Waals surface area contributed by atoms with Crippen LogP contribution in [0.2, 0.25) is 5.02 Å². The van der Waals surface area contributed by atoms with Crippen molar-refractivity contribution in [2.24, 2.45) is 5.92 Å². The summed E-state index contributed by atoms with van der Waals surface area (Å²) >= 11 is 5.91. The number of nitrogens with one attached hydrogen (secondary N) is 1. The lowest BCUT2D eigenvalue weighted by atomic mass is 10.1. The lowest BCUT2D eigenvalue weighted by Crippen LogP contribution is -2.30. The molecular formula is C14H19ClN2O. The van der Waals surface area contributed by atoms with E-state index < -0.39 is 0 Å². The Labute approximate surface area is 113 Å². The van der Waals surface area contributed by atoms with Crippen molar-refractivity contribution < 1.29 is 4.79 Å². The first-order chi connectivity index (χ1) is 8.61. The Morgan fingerprint density at radius 3 is 3.00 bits per heavy atom. The van der Waals surface area contributed by atoms with E-state index >= 15 is 0 Å². The van der Waals surface area contributed by atoms with Crippen LogP contribution in [0.1, 0.15) is 22.3 Å². The summed E-state index contributed by atoms with van der Waals surface area (Å²) in [5.74, 6) is 0.703. The highest BCUT2D eigenvalue weighted by atomic mass is 35.5. The summed E-state index contributed by atoms with van der Waals surface area (Å²) in [6.07, 6.45) is 1.08. The molecule has 1 N–H and O–H groups in total. The van der Waals surface area contributed by atoms with E-state index in [-0.39, 0.29) is 5.91 Å². The van der Waals surface area contributed by atoms with Crippen molar-refractivity contribution >= 4 is 17.5 Å². The van der Waals surface area contributed by atoms with Gasteiger partial charge in [0, 0.05) is 23.7 Å². The van der Waals surface area contributed by atoms with Crippen LogP contribution in [-0.4, -0.2) is 37.5 Å². The van der Waals surface area contributed by atoms with E-state index in [1.54, 1.807) is 6.07 Å². The highest BCUT2D eigenvalue weighted by Gasteiger charge is 2.27. The zero-order valence-electron chi connectivity index (χ0n) is 10.9. The molecule has 1 aromatic rings. The summed E-state index contributed by atoms with van der Waals surface area (Å²) in [5, 5.41) is 3.85. The van der Waals surface area contributed by atoms with Crippen molar-refractivity contribution in [1.82, 2.24) is 10.2 Å². The lowest BCUT2D eigenvalue weighted by Gasteiger charge is -2.18. The summed E-state index contributed by atoms with van der Waals surface area (Å²) in [6, 6.07) is 5.45. The van der Waals surface area contributed by atoms with Gasteiger partial charge < -0.3 is 10.2 Å². The number of likely N-dealkylation sites (tertiary alicyclic amines) is 1. The number of rotatable bonds is 3. The molecule has 1 aromatic carbocycles. The Kier molecular flexibility index (Phi) is 4.25. The molecule has 0 saturated carbocycles. The van der Waals surface area contributed by atoms with E-state index in [2.05, 4.69) is 5.32 Å². The molecule has 18 heavy (non-hydrogen) atoms. The summed E-state index contributed by atoms with van der Waals surface area (Å²) in [6.45, 7) is 4.61.